The fourth-order valence-corrected chi connectivity index (χ4v) is 1.98. The Kier molecular flexibility index (Phi) is 5.43. The highest BCUT2D eigenvalue weighted by Gasteiger charge is 2.22. The monoisotopic (exact) mass is 335 g/mol. The smallest absolute Gasteiger partial charge is 0.278 e. The molecule has 1 amide bonds. The van der Waals surface area contributed by atoms with Crippen LogP contribution in [0, 0.1) is 6.92 Å². The minimum atomic E-state index is -2.91. The molecule has 2 aromatic rings. The van der Waals surface area contributed by atoms with E-state index in [0.717, 1.165) is 18.2 Å². The first-order valence-corrected chi connectivity index (χ1v) is 7.45. The van der Waals surface area contributed by atoms with Crippen molar-refractivity contribution in [2.45, 2.75) is 32.7 Å². The summed E-state index contributed by atoms with van der Waals surface area (Å²) in [5.74, 6) is -3.02. The van der Waals surface area contributed by atoms with Gasteiger partial charge in [-0.05, 0) is 31.5 Å². The zero-order chi connectivity index (χ0) is 17.7. The van der Waals surface area contributed by atoms with Crippen molar-refractivity contribution in [3.8, 4) is 5.88 Å². The molecule has 1 N–H and O–H groups in total. The van der Waals surface area contributed by atoms with E-state index in [1.807, 2.05) is 13.8 Å². The zero-order valence-electron chi connectivity index (χ0n) is 13.7. The summed E-state index contributed by atoms with van der Waals surface area (Å²) < 4.78 is 30.4. The number of aryl methyl sites for hydroxylation is 1. The summed E-state index contributed by atoms with van der Waals surface area (Å²) in [7, 11) is 0. The molecule has 0 saturated carbocycles. The lowest BCUT2D eigenvalue weighted by Crippen LogP contribution is -2.27. The number of hydrogen-bond donors (Lipinski definition) is 1. The molecule has 2 aromatic heterocycles. The van der Waals surface area contributed by atoms with Gasteiger partial charge < -0.3 is 10.1 Å². The molecular weight excluding hydrogens is 316 g/mol. The number of ether oxygens (including phenoxy) is 1. The third-order valence-electron chi connectivity index (χ3n) is 3.24. The van der Waals surface area contributed by atoms with Gasteiger partial charge in [0, 0.05) is 36.6 Å². The molecule has 0 bridgehead atoms. The normalized spacial score (nSPS) is 12.5. The van der Waals surface area contributed by atoms with Crippen LogP contribution in [-0.2, 0) is 0 Å². The highest BCUT2D eigenvalue weighted by molar-refractivity contribution is 5.94. The van der Waals surface area contributed by atoms with Crippen LogP contribution in [0.5, 0.6) is 5.88 Å². The van der Waals surface area contributed by atoms with Gasteiger partial charge in [0.25, 0.3) is 11.8 Å². The number of aromatic nitrogens is 2. The third kappa shape index (κ3) is 5.26. The molecule has 24 heavy (non-hydrogen) atoms. The van der Waals surface area contributed by atoms with E-state index >= 15 is 0 Å². The number of halogens is 2. The minimum absolute atomic E-state index is 0.114. The van der Waals surface area contributed by atoms with Gasteiger partial charge >= 0.3 is 0 Å². The maximum Gasteiger partial charge on any atom is 0.278 e. The molecule has 1 atom stereocenters. The van der Waals surface area contributed by atoms with E-state index in [4.69, 9.17) is 4.74 Å². The Labute approximate surface area is 139 Å². The summed E-state index contributed by atoms with van der Waals surface area (Å²) in [4.78, 5) is 20.2. The standard InChI is InChI=1S/C17H19F2N3O2/c1-11-8-13(6-7-20-11)16(23)22-12(2)14-4-5-15(21-9-14)24-10-17(3,18)19/h4-9,12H,10H2,1-3H3,(H,22,23). The Balaban J connectivity index is 1.97. The van der Waals surface area contributed by atoms with Crippen molar-refractivity contribution in [1.82, 2.24) is 15.3 Å². The highest BCUT2D eigenvalue weighted by atomic mass is 19.3. The lowest BCUT2D eigenvalue weighted by Gasteiger charge is -2.15. The van der Waals surface area contributed by atoms with Crippen LogP contribution in [-0.4, -0.2) is 28.4 Å². The average Bonchev–Trinajstić information content (AvgIpc) is 2.52. The highest BCUT2D eigenvalue weighted by Crippen LogP contribution is 2.18. The Hall–Kier alpha value is -2.57. The van der Waals surface area contributed by atoms with E-state index in [-0.39, 0.29) is 17.8 Å². The number of carbonyl (C=O) groups is 1. The van der Waals surface area contributed by atoms with Gasteiger partial charge in [0.1, 0.15) is 0 Å². The number of pyridine rings is 2. The van der Waals surface area contributed by atoms with E-state index in [2.05, 4.69) is 15.3 Å². The molecule has 5 nitrogen and oxygen atoms in total. The van der Waals surface area contributed by atoms with Crippen LogP contribution >= 0.6 is 0 Å². The van der Waals surface area contributed by atoms with Crippen molar-refractivity contribution in [2.75, 3.05) is 6.61 Å². The topological polar surface area (TPSA) is 64.1 Å². The van der Waals surface area contributed by atoms with Gasteiger partial charge in [0.2, 0.25) is 5.88 Å². The van der Waals surface area contributed by atoms with Crippen molar-refractivity contribution >= 4 is 5.91 Å². The van der Waals surface area contributed by atoms with Crippen molar-refractivity contribution in [3.63, 3.8) is 0 Å². The zero-order valence-corrected chi connectivity index (χ0v) is 13.7. The SMILES string of the molecule is Cc1cc(C(=O)NC(C)c2ccc(OCC(C)(F)F)nc2)ccn1. The second-order valence-corrected chi connectivity index (χ2v) is 5.67. The molecule has 0 aliphatic carbocycles. The van der Waals surface area contributed by atoms with Crippen molar-refractivity contribution in [1.29, 1.82) is 0 Å². The maximum atomic E-state index is 12.7. The van der Waals surface area contributed by atoms with Gasteiger partial charge in [0.05, 0.1) is 6.04 Å². The molecule has 7 heteroatoms. The number of amides is 1. The molecule has 0 aliphatic heterocycles. The Morgan fingerprint density at radius 1 is 1.33 bits per heavy atom. The number of hydrogen-bond acceptors (Lipinski definition) is 4. The summed E-state index contributed by atoms with van der Waals surface area (Å²) in [6.07, 6.45) is 3.07. The molecule has 2 heterocycles. The van der Waals surface area contributed by atoms with Crippen LogP contribution in [0.3, 0.4) is 0 Å². The van der Waals surface area contributed by atoms with E-state index in [1.165, 1.54) is 12.3 Å². The number of carbonyl (C=O) groups excluding carboxylic acids is 1. The number of alkyl halides is 2. The third-order valence-corrected chi connectivity index (χ3v) is 3.24. The Morgan fingerprint density at radius 2 is 2.08 bits per heavy atom. The molecule has 2 rings (SSSR count). The van der Waals surface area contributed by atoms with Gasteiger partial charge in [-0.3, -0.25) is 9.78 Å². The predicted molar refractivity (Wildman–Crippen MR) is 85.2 cm³/mol. The van der Waals surface area contributed by atoms with Crippen LogP contribution in [0.2, 0.25) is 0 Å². The van der Waals surface area contributed by atoms with E-state index in [9.17, 15) is 13.6 Å². The van der Waals surface area contributed by atoms with Gasteiger partial charge in [-0.25, -0.2) is 13.8 Å². The van der Waals surface area contributed by atoms with Crippen LogP contribution in [0.15, 0.2) is 36.7 Å². The number of nitrogens with zero attached hydrogens (tertiary/aromatic N) is 2. The van der Waals surface area contributed by atoms with E-state index < -0.39 is 12.5 Å². The molecule has 0 aliphatic rings. The summed E-state index contributed by atoms with van der Waals surface area (Å²) in [6.45, 7) is 3.67. The van der Waals surface area contributed by atoms with Crippen LogP contribution in [0.4, 0.5) is 8.78 Å². The summed E-state index contributed by atoms with van der Waals surface area (Å²) in [6, 6.07) is 6.22. The first-order valence-electron chi connectivity index (χ1n) is 7.45. The maximum absolute atomic E-state index is 12.7. The van der Waals surface area contributed by atoms with Crippen molar-refractivity contribution in [3.05, 3.63) is 53.5 Å². The molecular formula is C17H19F2N3O2. The van der Waals surface area contributed by atoms with Gasteiger partial charge in [-0.15, -0.1) is 0 Å². The van der Waals surface area contributed by atoms with Gasteiger partial charge in [-0.1, -0.05) is 6.07 Å². The summed E-state index contributed by atoms with van der Waals surface area (Å²) in [5, 5.41) is 2.85. The molecule has 0 fully saturated rings. The quantitative estimate of drug-likeness (QED) is 0.880. The van der Waals surface area contributed by atoms with E-state index in [0.29, 0.717) is 5.56 Å². The van der Waals surface area contributed by atoms with Crippen LogP contribution in [0.1, 0.15) is 41.5 Å². The van der Waals surface area contributed by atoms with Crippen LogP contribution < -0.4 is 10.1 Å². The molecule has 0 saturated heterocycles. The van der Waals surface area contributed by atoms with Crippen molar-refractivity contribution in [2.24, 2.45) is 0 Å². The number of rotatable bonds is 6. The molecule has 1 unspecified atom stereocenters. The van der Waals surface area contributed by atoms with Crippen LogP contribution in [0.25, 0.3) is 0 Å². The molecule has 0 aromatic carbocycles. The predicted octanol–water partition coefficient (Wildman–Crippen LogP) is 3.31. The molecule has 128 valence electrons. The van der Waals surface area contributed by atoms with E-state index in [1.54, 1.807) is 24.4 Å². The Bertz CT molecular complexity index is 700. The summed E-state index contributed by atoms with van der Waals surface area (Å²) >= 11 is 0. The second-order valence-electron chi connectivity index (χ2n) is 5.67. The fourth-order valence-electron chi connectivity index (χ4n) is 1.98. The first kappa shape index (κ1) is 17.8. The largest absolute Gasteiger partial charge is 0.471 e. The average molecular weight is 335 g/mol. The second kappa shape index (κ2) is 7.33. The van der Waals surface area contributed by atoms with Gasteiger partial charge in [0.15, 0.2) is 6.61 Å². The lowest BCUT2D eigenvalue weighted by molar-refractivity contribution is -0.0242. The van der Waals surface area contributed by atoms with Crippen molar-refractivity contribution < 1.29 is 18.3 Å². The van der Waals surface area contributed by atoms with Gasteiger partial charge in [-0.2, -0.15) is 0 Å². The minimum Gasteiger partial charge on any atom is -0.471 e. The Morgan fingerprint density at radius 3 is 2.67 bits per heavy atom. The molecule has 0 radical (unpaired) electrons. The fraction of sp³-hybridized carbons (Fsp3) is 0.353. The first-order chi connectivity index (χ1) is 11.2. The number of nitrogens with one attached hydrogen (secondary N) is 1. The summed E-state index contributed by atoms with van der Waals surface area (Å²) in [5.41, 5.74) is 2.02. The molecule has 0 spiro atoms. The lowest BCUT2D eigenvalue weighted by atomic mass is 10.1.